The van der Waals surface area contributed by atoms with Crippen LogP contribution in [-0.4, -0.2) is 33.5 Å². The molecule has 104 valence electrons. The van der Waals surface area contributed by atoms with Crippen LogP contribution in [0.2, 0.25) is 0 Å². The molecule has 2 aliphatic rings. The third-order valence-corrected chi connectivity index (χ3v) is 3.98. The molecule has 1 aromatic carbocycles. The van der Waals surface area contributed by atoms with E-state index in [1.54, 1.807) is 0 Å². The standard InChI is InChI=1S/C15H21NO3/c1-16-14(11-5-7-17-8-6-11)12-3-2-4-13-15(12)19-10-9-18-13/h2-4,11,14,16H,5-10H2,1H3. The lowest BCUT2D eigenvalue weighted by molar-refractivity contribution is 0.0538. The molecule has 1 unspecified atom stereocenters. The van der Waals surface area contributed by atoms with Gasteiger partial charge < -0.3 is 19.5 Å². The van der Waals surface area contributed by atoms with Crippen molar-refractivity contribution >= 4 is 0 Å². The molecule has 2 heterocycles. The van der Waals surface area contributed by atoms with E-state index in [1.807, 2.05) is 19.2 Å². The second kappa shape index (κ2) is 5.80. The number of para-hydroxylation sites is 1. The number of rotatable bonds is 3. The zero-order valence-corrected chi connectivity index (χ0v) is 11.4. The highest BCUT2D eigenvalue weighted by Crippen LogP contribution is 2.41. The van der Waals surface area contributed by atoms with Gasteiger partial charge in [-0.15, -0.1) is 0 Å². The average Bonchev–Trinajstić information content (AvgIpc) is 2.49. The van der Waals surface area contributed by atoms with Crippen molar-refractivity contribution in [3.8, 4) is 11.5 Å². The molecule has 0 spiro atoms. The average molecular weight is 263 g/mol. The highest BCUT2D eigenvalue weighted by Gasteiger charge is 2.28. The number of hydrogen-bond donors (Lipinski definition) is 1. The summed E-state index contributed by atoms with van der Waals surface area (Å²) in [5.41, 5.74) is 1.21. The van der Waals surface area contributed by atoms with Gasteiger partial charge in [0.1, 0.15) is 13.2 Å². The van der Waals surface area contributed by atoms with Crippen LogP contribution in [0.25, 0.3) is 0 Å². The molecule has 0 aromatic heterocycles. The second-order valence-corrected chi connectivity index (χ2v) is 5.09. The Hall–Kier alpha value is -1.26. The van der Waals surface area contributed by atoms with Crippen LogP contribution in [0.4, 0.5) is 0 Å². The van der Waals surface area contributed by atoms with E-state index in [-0.39, 0.29) is 0 Å². The lowest BCUT2D eigenvalue weighted by Crippen LogP contribution is -2.31. The van der Waals surface area contributed by atoms with Gasteiger partial charge in [-0.25, -0.2) is 0 Å². The molecule has 0 saturated carbocycles. The second-order valence-electron chi connectivity index (χ2n) is 5.09. The lowest BCUT2D eigenvalue weighted by atomic mass is 9.86. The molecule has 4 nitrogen and oxygen atoms in total. The molecule has 3 rings (SSSR count). The van der Waals surface area contributed by atoms with Gasteiger partial charge in [-0.2, -0.15) is 0 Å². The molecule has 0 amide bonds. The molecular formula is C15H21NO3. The van der Waals surface area contributed by atoms with Gasteiger partial charge in [-0.3, -0.25) is 0 Å². The largest absolute Gasteiger partial charge is 0.486 e. The molecule has 4 heteroatoms. The van der Waals surface area contributed by atoms with Crippen LogP contribution in [0.1, 0.15) is 24.4 Å². The Morgan fingerprint density at radius 1 is 1.11 bits per heavy atom. The van der Waals surface area contributed by atoms with Crippen LogP contribution in [0.5, 0.6) is 11.5 Å². The van der Waals surface area contributed by atoms with Crippen LogP contribution < -0.4 is 14.8 Å². The number of nitrogens with one attached hydrogen (secondary N) is 1. The van der Waals surface area contributed by atoms with E-state index >= 15 is 0 Å². The van der Waals surface area contributed by atoms with Crippen molar-refractivity contribution < 1.29 is 14.2 Å². The van der Waals surface area contributed by atoms with E-state index in [9.17, 15) is 0 Å². The van der Waals surface area contributed by atoms with Crippen LogP contribution in [0.15, 0.2) is 18.2 Å². The maximum atomic E-state index is 5.83. The van der Waals surface area contributed by atoms with Crippen molar-refractivity contribution in [2.75, 3.05) is 33.5 Å². The van der Waals surface area contributed by atoms with E-state index in [0.717, 1.165) is 37.6 Å². The first-order valence-corrected chi connectivity index (χ1v) is 7.03. The van der Waals surface area contributed by atoms with Crippen molar-refractivity contribution in [3.63, 3.8) is 0 Å². The summed E-state index contributed by atoms with van der Waals surface area (Å²) in [7, 11) is 2.02. The minimum absolute atomic E-state index is 0.306. The molecule has 0 aliphatic carbocycles. The summed E-state index contributed by atoms with van der Waals surface area (Å²) in [4.78, 5) is 0. The predicted molar refractivity (Wildman–Crippen MR) is 72.8 cm³/mol. The maximum absolute atomic E-state index is 5.83. The first-order valence-electron chi connectivity index (χ1n) is 7.03. The Kier molecular flexibility index (Phi) is 3.89. The Morgan fingerprint density at radius 3 is 2.68 bits per heavy atom. The minimum atomic E-state index is 0.306. The third-order valence-electron chi connectivity index (χ3n) is 3.98. The lowest BCUT2D eigenvalue weighted by Gasteiger charge is -2.32. The predicted octanol–water partition coefficient (Wildman–Crippen LogP) is 2.14. The van der Waals surface area contributed by atoms with Crippen molar-refractivity contribution in [3.05, 3.63) is 23.8 Å². The third kappa shape index (κ3) is 2.55. The molecular weight excluding hydrogens is 242 g/mol. The molecule has 2 aliphatic heterocycles. The number of fused-ring (bicyclic) bond motifs is 1. The highest BCUT2D eigenvalue weighted by molar-refractivity contribution is 5.49. The van der Waals surface area contributed by atoms with Gasteiger partial charge in [-0.1, -0.05) is 12.1 Å². The summed E-state index contributed by atoms with van der Waals surface area (Å²) >= 11 is 0. The maximum Gasteiger partial charge on any atom is 0.166 e. The van der Waals surface area contributed by atoms with Crippen LogP contribution in [0.3, 0.4) is 0 Å². The number of ether oxygens (including phenoxy) is 3. The molecule has 19 heavy (non-hydrogen) atoms. The monoisotopic (exact) mass is 263 g/mol. The topological polar surface area (TPSA) is 39.7 Å². The van der Waals surface area contributed by atoms with E-state index in [1.165, 1.54) is 5.56 Å². The van der Waals surface area contributed by atoms with E-state index in [2.05, 4.69) is 11.4 Å². The zero-order chi connectivity index (χ0) is 13.1. The van der Waals surface area contributed by atoms with Crippen molar-refractivity contribution in [2.45, 2.75) is 18.9 Å². The van der Waals surface area contributed by atoms with Crippen molar-refractivity contribution in [1.82, 2.24) is 5.32 Å². The van der Waals surface area contributed by atoms with Crippen molar-refractivity contribution in [1.29, 1.82) is 0 Å². The summed E-state index contributed by atoms with van der Waals surface area (Å²) in [6, 6.07) is 6.48. The summed E-state index contributed by atoms with van der Waals surface area (Å²) in [6.07, 6.45) is 2.19. The fraction of sp³-hybridized carbons (Fsp3) is 0.600. The Labute approximate surface area is 114 Å². The molecule has 1 atom stereocenters. The van der Waals surface area contributed by atoms with Crippen LogP contribution in [-0.2, 0) is 4.74 Å². The molecule has 1 aromatic rings. The summed E-state index contributed by atoms with van der Waals surface area (Å²) in [5.74, 6) is 2.38. The minimum Gasteiger partial charge on any atom is -0.486 e. The molecule has 1 saturated heterocycles. The highest BCUT2D eigenvalue weighted by atomic mass is 16.6. The number of benzene rings is 1. The first-order chi connectivity index (χ1) is 9.40. The Morgan fingerprint density at radius 2 is 1.89 bits per heavy atom. The molecule has 0 radical (unpaired) electrons. The molecule has 0 bridgehead atoms. The molecule has 1 fully saturated rings. The Balaban J connectivity index is 1.90. The van der Waals surface area contributed by atoms with Gasteiger partial charge >= 0.3 is 0 Å². The molecule has 1 N–H and O–H groups in total. The quantitative estimate of drug-likeness (QED) is 0.907. The SMILES string of the molecule is CNC(c1cccc2c1OCCO2)C1CCOCC1. The van der Waals surface area contributed by atoms with Gasteiger partial charge in [0.2, 0.25) is 0 Å². The van der Waals surface area contributed by atoms with Crippen LogP contribution >= 0.6 is 0 Å². The summed E-state index contributed by atoms with van der Waals surface area (Å²) in [5, 5.41) is 3.45. The van der Waals surface area contributed by atoms with Gasteiger partial charge in [0, 0.05) is 24.8 Å². The summed E-state index contributed by atoms with van der Waals surface area (Å²) in [6.45, 7) is 2.98. The summed E-state index contributed by atoms with van der Waals surface area (Å²) < 4.78 is 17.0. The normalized spacial score (nSPS) is 21.1. The Bertz CT molecular complexity index is 429. The smallest absolute Gasteiger partial charge is 0.166 e. The van der Waals surface area contributed by atoms with E-state index < -0.39 is 0 Å². The van der Waals surface area contributed by atoms with E-state index in [0.29, 0.717) is 25.2 Å². The van der Waals surface area contributed by atoms with Gasteiger partial charge in [-0.05, 0) is 31.9 Å². The fourth-order valence-electron chi connectivity index (χ4n) is 3.04. The van der Waals surface area contributed by atoms with Gasteiger partial charge in [0.15, 0.2) is 11.5 Å². The zero-order valence-electron chi connectivity index (χ0n) is 11.4. The fourth-order valence-corrected chi connectivity index (χ4v) is 3.04. The first kappa shape index (κ1) is 12.8. The van der Waals surface area contributed by atoms with Gasteiger partial charge in [0.25, 0.3) is 0 Å². The number of hydrogen-bond acceptors (Lipinski definition) is 4. The van der Waals surface area contributed by atoms with Crippen LogP contribution in [0, 0.1) is 5.92 Å². The van der Waals surface area contributed by atoms with Gasteiger partial charge in [0.05, 0.1) is 0 Å². The van der Waals surface area contributed by atoms with Crippen molar-refractivity contribution in [2.24, 2.45) is 5.92 Å². The van der Waals surface area contributed by atoms with E-state index in [4.69, 9.17) is 14.2 Å².